The fraction of sp³-hybridized carbons (Fsp3) is 0.652. The van der Waals surface area contributed by atoms with Crippen LogP contribution in [0, 0.1) is 0 Å². The number of carboxylic acids is 1. The van der Waals surface area contributed by atoms with Crippen molar-refractivity contribution in [2.24, 2.45) is 0 Å². The Hall–Kier alpha value is -1.86. The number of likely N-dealkylation sites (N-methyl/N-ethyl adjacent to an activating group) is 1. The maximum Gasteiger partial charge on any atom is 0.410 e. The smallest absolute Gasteiger partial charge is 0.410 e. The van der Waals surface area contributed by atoms with Crippen molar-refractivity contribution in [3.63, 3.8) is 0 Å². The minimum absolute atomic E-state index is 0.0917. The summed E-state index contributed by atoms with van der Waals surface area (Å²) in [5.41, 5.74) is 0.359. The van der Waals surface area contributed by atoms with Crippen LogP contribution in [0.15, 0.2) is 30.3 Å². The van der Waals surface area contributed by atoms with E-state index in [1.165, 1.54) is 4.90 Å². The van der Waals surface area contributed by atoms with E-state index >= 15 is 0 Å². The molecular weight excluding hydrogens is 398 g/mol. The molecule has 1 aromatic rings. The van der Waals surface area contributed by atoms with Gasteiger partial charge >= 0.3 is 12.1 Å². The third-order valence-corrected chi connectivity index (χ3v) is 10.0. The first kappa shape index (κ1) is 26.2. The molecule has 0 unspecified atom stereocenters. The van der Waals surface area contributed by atoms with Crippen molar-refractivity contribution >= 4 is 20.4 Å². The number of nitrogens with zero attached hydrogens (tertiary/aromatic N) is 1. The van der Waals surface area contributed by atoms with Gasteiger partial charge in [0.1, 0.15) is 5.60 Å². The van der Waals surface area contributed by atoms with Crippen LogP contribution >= 0.6 is 0 Å². The minimum atomic E-state index is -2.28. The molecule has 0 aromatic heterocycles. The molecule has 0 bridgehead atoms. The molecule has 0 saturated heterocycles. The van der Waals surface area contributed by atoms with Crippen LogP contribution in [0.5, 0.6) is 0 Å². The van der Waals surface area contributed by atoms with Gasteiger partial charge in [0, 0.05) is 7.05 Å². The first-order chi connectivity index (χ1) is 13.5. The molecule has 1 aromatic carbocycles. The van der Waals surface area contributed by atoms with E-state index in [-0.39, 0.29) is 11.5 Å². The van der Waals surface area contributed by atoms with Crippen molar-refractivity contribution < 1.29 is 23.9 Å². The highest BCUT2D eigenvalue weighted by molar-refractivity contribution is 6.74. The van der Waals surface area contributed by atoms with Crippen LogP contribution in [0.25, 0.3) is 0 Å². The number of hydrogen-bond acceptors (Lipinski definition) is 4. The molecule has 0 fully saturated rings. The number of benzene rings is 1. The fourth-order valence-electron chi connectivity index (χ4n) is 2.83. The summed E-state index contributed by atoms with van der Waals surface area (Å²) in [5.74, 6) is -0.950. The molecule has 0 aliphatic carbocycles. The average Bonchev–Trinajstić information content (AvgIpc) is 2.56. The predicted octanol–water partition coefficient (Wildman–Crippen LogP) is 5.33. The number of ether oxygens (including phenoxy) is 1. The zero-order valence-electron chi connectivity index (χ0n) is 20.0. The van der Waals surface area contributed by atoms with Crippen molar-refractivity contribution in [2.75, 3.05) is 7.05 Å². The first-order valence-corrected chi connectivity index (χ1v) is 13.3. The number of amides is 1. The topological polar surface area (TPSA) is 76.1 Å². The molecule has 0 spiro atoms. The van der Waals surface area contributed by atoms with Gasteiger partial charge in [-0.2, -0.15) is 0 Å². The SMILES string of the molecule is CN(C(=O)OC(C)(C)C)[C@@H](Cc1ccccc1)[C@@H](CC(=O)O)O[Si](C)(C)C(C)(C)C. The van der Waals surface area contributed by atoms with Gasteiger partial charge in [0.25, 0.3) is 0 Å². The standard InChI is InChI=1S/C23H39NO5Si/c1-22(2,3)28-21(27)24(7)18(15-17-13-11-10-12-14-17)19(16-20(25)26)29-30(8,9)23(4,5)6/h10-14,18-19H,15-16H2,1-9H3,(H,25,26)/t18-,19+/m0/s1. The summed E-state index contributed by atoms with van der Waals surface area (Å²) in [4.78, 5) is 26.1. The summed E-state index contributed by atoms with van der Waals surface area (Å²) < 4.78 is 12.1. The molecule has 2 atom stereocenters. The van der Waals surface area contributed by atoms with Crippen LogP contribution in [0.1, 0.15) is 53.5 Å². The van der Waals surface area contributed by atoms with Gasteiger partial charge in [-0.25, -0.2) is 4.79 Å². The Morgan fingerprint density at radius 2 is 1.60 bits per heavy atom. The first-order valence-electron chi connectivity index (χ1n) is 10.4. The Morgan fingerprint density at radius 3 is 2.03 bits per heavy atom. The molecule has 0 heterocycles. The lowest BCUT2D eigenvalue weighted by Crippen LogP contribution is -2.54. The zero-order valence-corrected chi connectivity index (χ0v) is 21.0. The van der Waals surface area contributed by atoms with E-state index in [1.807, 2.05) is 51.1 Å². The summed E-state index contributed by atoms with van der Waals surface area (Å²) >= 11 is 0. The summed E-state index contributed by atoms with van der Waals surface area (Å²) in [7, 11) is -0.626. The quantitative estimate of drug-likeness (QED) is 0.556. The Labute approximate surface area is 182 Å². The van der Waals surface area contributed by atoms with Crippen LogP contribution in [0.2, 0.25) is 18.1 Å². The lowest BCUT2D eigenvalue weighted by molar-refractivity contribution is -0.139. The van der Waals surface area contributed by atoms with Gasteiger partial charge in [0.05, 0.1) is 18.6 Å². The predicted molar refractivity (Wildman–Crippen MR) is 122 cm³/mol. The molecule has 0 aliphatic heterocycles. The number of rotatable bonds is 8. The third kappa shape index (κ3) is 8.11. The second-order valence-electron chi connectivity index (χ2n) is 10.4. The maximum atomic E-state index is 12.9. The molecule has 30 heavy (non-hydrogen) atoms. The third-order valence-electron chi connectivity index (χ3n) is 5.52. The van der Waals surface area contributed by atoms with E-state index in [9.17, 15) is 14.7 Å². The van der Waals surface area contributed by atoms with Gasteiger partial charge in [-0.1, -0.05) is 51.1 Å². The van der Waals surface area contributed by atoms with Crippen LogP contribution in [0.3, 0.4) is 0 Å². The van der Waals surface area contributed by atoms with Crippen LogP contribution in [0.4, 0.5) is 4.79 Å². The number of hydrogen-bond donors (Lipinski definition) is 1. The molecule has 170 valence electrons. The maximum absolute atomic E-state index is 12.9. The molecule has 1 rings (SSSR count). The van der Waals surface area contributed by atoms with E-state index in [0.29, 0.717) is 6.42 Å². The van der Waals surface area contributed by atoms with Crippen molar-refractivity contribution in [1.82, 2.24) is 4.90 Å². The van der Waals surface area contributed by atoms with Gasteiger partial charge in [-0.3, -0.25) is 4.79 Å². The van der Waals surface area contributed by atoms with Gasteiger partial charge in [0.15, 0.2) is 8.32 Å². The summed E-state index contributed by atoms with van der Waals surface area (Å²) in [6.07, 6.45) is -0.848. The molecule has 1 amide bonds. The van der Waals surface area contributed by atoms with Gasteiger partial charge in [0.2, 0.25) is 0 Å². The largest absolute Gasteiger partial charge is 0.481 e. The summed E-state index contributed by atoms with van der Waals surface area (Å²) in [5, 5.41) is 9.51. The summed E-state index contributed by atoms with van der Waals surface area (Å²) in [6, 6.07) is 9.26. The Bertz CT molecular complexity index is 707. The normalized spacial score (nSPS) is 14.7. The lowest BCUT2D eigenvalue weighted by Gasteiger charge is -2.43. The lowest BCUT2D eigenvalue weighted by atomic mass is 9.98. The van der Waals surface area contributed by atoms with Crippen molar-refractivity contribution in [1.29, 1.82) is 0 Å². The van der Waals surface area contributed by atoms with Crippen LogP contribution in [-0.2, 0) is 20.4 Å². The molecular formula is C23H39NO5Si. The number of carboxylic acid groups (broad SMARTS) is 1. The highest BCUT2D eigenvalue weighted by Crippen LogP contribution is 2.38. The van der Waals surface area contributed by atoms with E-state index in [2.05, 4.69) is 33.9 Å². The zero-order chi connectivity index (χ0) is 23.3. The molecule has 6 nitrogen and oxygen atoms in total. The van der Waals surface area contributed by atoms with E-state index in [0.717, 1.165) is 5.56 Å². The van der Waals surface area contributed by atoms with Gasteiger partial charge < -0.3 is 19.2 Å². The Morgan fingerprint density at radius 1 is 1.07 bits per heavy atom. The Balaban J connectivity index is 3.33. The number of carbonyl (C=O) groups excluding carboxylic acids is 1. The number of aliphatic carboxylic acids is 1. The average molecular weight is 438 g/mol. The number of carbonyl (C=O) groups is 2. The van der Waals surface area contributed by atoms with Crippen LogP contribution in [-0.4, -0.2) is 55.2 Å². The van der Waals surface area contributed by atoms with Crippen LogP contribution < -0.4 is 0 Å². The molecule has 0 radical (unpaired) electrons. The molecule has 7 heteroatoms. The highest BCUT2D eigenvalue weighted by Gasteiger charge is 2.43. The minimum Gasteiger partial charge on any atom is -0.481 e. The highest BCUT2D eigenvalue weighted by atomic mass is 28.4. The molecule has 0 saturated carbocycles. The second-order valence-corrected chi connectivity index (χ2v) is 15.1. The Kier molecular flexibility index (Phi) is 8.69. The van der Waals surface area contributed by atoms with Gasteiger partial charge in [-0.05, 0) is 50.9 Å². The van der Waals surface area contributed by atoms with E-state index in [4.69, 9.17) is 9.16 Å². The molecule has 0 aliphatic rings. The van der Waals surface area contributed by atoms with Crippen molar-refractivity contribution in [3.8, 4) is 0 Å². The fourth-order valence-corrected chi connectivity index (χ4v) is 4.18. The monoisotopic (exact) mass is 437 g/mol. The van der Waals surface area contributed by atoms with E-state index in [1.54, 1.807) is 7.05 Å². The van der Waals surface area contributed by atoms with Gasteiger partial charge in [-0.15, -0.1) is 0 Å². The second kappa shape index (κ2) is 9.96. The summed E-state index contributed by atoms with van der Waals surface area (Å²) in [6.45, 7) is 16.0. The van der Waals surface area contributed by atoms with Crippen molar-refractivity contribution in [3.05, 3.63) is 35.9 Å². The van der Waals surface area contributed by atoms with Crippen molar-refractivity contribution in [2.45, 2.75) is 90.3 Å². The van der Waals surface area contributed by atoms with E-state index < -0.39 is 38.1 Å². The molecule has 1 N–H and O–H groups in total.